The molecule has 1 N–H and O–H groups in total. The number of Topliss-reactive ketones (excluding diaryl/α,β-unsaturated/α-hetero) is 1. The second-order valence-corrected chi connectivity index (χ2v) is 8.95. The van der Waals surface area contributed by atoms with Gasteiger partial charge in [0.15, 0.2) is 0 Å². The standard InChI is InChI=1S/C23H27N3O5/c27-15-8-10-25(11-9-15)18-2-1-3-20(18)31-16-4-5-17-14(12-16)13-26(23(17)30)19-6-7-21(28)24-22(19)29/h4-5,12,18-20H,1-3,6-11,13H2,(H,24,28,29)/t18-,19?,20-/m0/s1. The van der Waals surface area contributed by atoms with Gasteiger partial charge in [-0.25, -0.2) is 0 Å². The van der Waals surface area contributed by atoms with Gasteiger partial charge in [0, 0.05) is 50.5 Å². The second-order valence-electron chi connectivity index (χ2n) is 8.95. The molecule has 3 fully saturated rings. The summed E-state index contributed by atoms with van der Waals surface area (Å²) in [5.74, 6) is 0.220. The highest BCUT2D eigenvalue weighted by Crippen LogP contribution is 2.33. The Morgan fingerprint density at radius 1 is 0.968 bits per heavy atom. The zero-order chi connectivity index (χ0) is 21.5. The van der Waals surface area contributed by atoms with Crippen LogP contribution in [-0.2, 0) is 20.9 Å². The number of fused-ring (bicyclic) bond motifs is 1. The number of rotatable bonds is 4. The van der Waals surface area contributed by atoms with E-state index in [9.17, 15) is 19.2 Å². The summed E-state index contributed by atoms with van der Waals surface area (Å²) in [4.78, 5) is 52.0. The molecule has 8 nitrogen and oxygen atoms in total. The van der Waals surface area contributed by atoms with E-state index in [4.69, 9.17) is 4.74 Å². The maximum absolute atomic E-state index is 12.9. The van der Waals surface area contributed by atoms with Gasteiger partial charge >= 0.3 is 0 Å². The fraction of sp³-hybridized carbons (Fsp3) is 0.565. The highest BCUT2D eigenvalue weighted by molar-refractivity contribution is 6.05. The molecule has 1 saturated carbocycles. The van der Waals surface area contributed by atoms with E-state index in [0.717, 1.165) is 43.7 Å². The smallest absolute Gasteiger partial charge is 0.255 e. The quantitative estimate of drug-likeness (QED) is 0.733. The molecule has 1 aromatic carbocycles. The first-order valence-corrected chi connectivity index (χ1v) is 11.2. The summed E-state index contributed by atoms with van der Waals surface area (Å²) in [6.45, 7) is 1.96. The molecule has 3 aliphatic heterocycles. The van der Waals surface area contributed by atoms with E-state index in [1.807, 2.05) is 12.1 Å². The summed E-state index contributed by atoms with van der Waals surface area (Å²) < 4.78 is 6.36. The zero-order valence-electron chi connectivity index (χ0n) is 17.5. The molecule has 0 spiro atoms. The molecule has 0 bridgehead atoms. The van der Waals surface area contributed by atoms with Gasteiger partial charge < -0.3 is 9.64 Å². The molecule has 3 atom stereocenters. The Hall–Kier alpha value is -2.74. The summed E-state index contributed by atoms with van der Waals surface area (Å²) in [6.07, 6.45) is 5.09. The number of ketones is 1. The largest absolute Gasteiger partial charge is 0.489 e. The highest BCUT2D eigenvalue weighted by Gasteiger charge is 2.40. The van der Waals surface area contributed by atoms with Crippen LogP contribution in [0.1, 0.15) is 60.9 Å². The van der Waals surface area contributed by atoms with Crippen molar-refractivity contribution in [3.05, 3.63) is 29.3 Å². The van der Waals surface area contributed by atoms with Crippen LogP contribution in [0.3, 0.4) is 0 Å². The number of hydrogen-bond acceptors (Lipinski definition) is 6. The Labute approximate surface area is 180 Å². The normalized spacial score (nSPS) is 29.3. The van der Waals surface area contributed by atoms with Crippen molar-refractivity contribution in [1.82, 2.24) is 15.1 Å². The molecule has 3 amide bonds. The number of ether oxygens (including phenoxy) is 1. The minimum absolute atomic E-state index is 0.0783. The number of piperidine rings is 2. The van der Waals surface area contributed by atoms with Crippen LogP contribution >= 0.6 is 0 Å². The summed E-state index contributed by atoms with van der Waals surface area (Å²) in [7, 11) is 0. The number of nitrogens with zero attached hydrogens (tertiary/aromatic N) is 2. The minimum atomic E-state index is -0.608. The fourth-order valence-corrected chi connectivity index (χ4v) is 5.37. The lowest BCUT2D eigenvalue weighted by molar-refractivity contribution is -0.137. The number of hydrogen-bond donors (Lipinski definition) is 1. The average Bonchev–Trinajstić information content (AvgIpc) is 3.33. The lowest BCUT2D eigenvalue weighted by Crippen LogP contribution is -2.52. The SMILES string of the molecule is O=C1CCN([C@H]2CCC[C@@H]2Oc2ccc3c(c2)CN(C2CCC(=O)NC2=O)C3=O)CC1. The number of amides is 3. The third-order valence-electron chi connectivity index (χ3n) is 7.02. The second kappa shape index (κ2) is 8.07. The summed E-state index contributed by atoms with van der Waals surface area (Å²) >= 11 is 0. The van der Waals surface area contributed by atoms with E-state index in [-0.39, 0.29) is 24.3 Å². The number of imide groups is 1. The molecule has 3 heterocycles. The first-order valence-electron chi connectivity index (χ1n) is 11.2. The van der Waals surface area contributed by atoms with E-state index < -0.39 is 11.9 Å². The molecule has 164 valence electrons. The number of benzene rings is 1. The van der Waals surface area contributed by atoms with E-state index in [1.54, 1.807) is 11.0 Å². The number of likely N-dealkylation sites (tertiary alicyclic amines) is 1. The van der Waals surface area contributed by atoms with Gasteiger partial charge in [-0.2, -0.15) is 0 Å². The monoisotopic (exact) mass is 425 g/mol. The van der Waals surface area contributed by atoms with Crippen LogP contribution in [0.15, 0.2) is 18.2 Å². The van der Waals surface area contributed by atoms with Crippen LogP contribution in [-0.4, -0.2) is 64.6 Å². The van der Waals surface area contributed by atoms with Crippen molar-refractivity contribution in [2.45, 2.75) is 69.7 Å². The Morgan fingerprint density at radius 3 is 2.55 bits per heavy atom. The molecule has 5 rings (SSSR count). The molecule has 2 saturated heterocycles. The highest BCUT2D eigenvalue weighted by atomic mass is 16.5. The van der Waals surface area contributed by atoms with Crippen molar-refractivity contribution in [1.29, 1.82) is 0 Å². The van der Waals surface area contributed by atoms with E-state index >= 15 is 0 Å². The summed E-state index contributed by atoms with van der Waals surface area (Å²) in [5, 5.41) is 2.33. The molecule has 4 aliphatic rings. The van der Waals surface area contributed by atoms with Crippen LogP contribution < -0.4 is 10.1 Å². The molecule has 0 radical (unpaired) electrons. The summed E-state index contributed by atoms with van der Waals surface area (Å²) in [5.41, 5.74) is 1.44. The minimum Gasteiger partial charge on any atom is -0.489 e. The average molecular weight is 425 g/mol. The maximum Gasteiger partial charge on any atom is 0.255 e. The Morgan fingerprint density at radius 2 is 1.77 bits per heavy atom. The third kappa shape index (κ3) is 3.84. The predicted molar refractivity (Wildman–Crippen MR) is 110 cm³/mol. The van der Waals surface area contributed by atoms with Gasteiger partial charge in [-0.1, -0.05) is 0 Å². The van der Waals surface area contributed by atoms with Gasteiger partial charge in [-0.05, 0) is 49.4 Å². The molecule has 1 aromatic rings. The molecule has 1 aliphatic carbocycles. The van der Waals surface area contributed by atoms with Crippen LogP contribution in [0.5, 0.6) is 5.75 Å². The first kappa shape index (κ1) is 20.2. The Bertz CT molecular complexity index is 935. The van der Waals surface area contributed by atoms with Crippen molar-refractivity contribution < 1.29 is 23.9 Å². The van der Waals surface area contributed by atoms with Gasteiger partial charge in [0.2, 0.25) is 11.8 Å². The number of carbonyl (C=O) groups excluding carboxylic acids is 4. The van der Waals surface area contributed by atoms with Crippen molar-refractivity contribution in [2.75, 3.05) is 13.1 Å². The molecule has 31 heavy (non-hydrogen) atoms. The third-order valence-corrected chi connectivity index (χ3v) is 7.02. The zero-order valence-corrected chi connectivity index (χ0v) is 17.5. The topological polar surface area (TPSA) is 96.0 Å². The van der Waals surface area contributed by atoms with Crippen LogP contribution in [0.25, 0.3) is 0 Å². The number of nitrogens with one attached hydrogen (secondary N) is 1. The van der Waals surface area contributed by atoms with Crippen molar-refractivity contribution in [2.24, 2.45) is 0 Å². The van der Waals surface area contributed by atoms with Gasteiger partial charge in [0.05, 0.1) is 0 Å². The van der Waals surface area contributed by atoms with Crippen LogP contribution in [0.2, 0.25) is 0 Å². The lowest BCUT2D eigenvalue weighted by Gasteiger charge is -2.35. The number of carbonyl (C=O) groups is 4. The van der Waals surface area contributed by atoms with Crippen LogP contribution in [0, 0.1) is 0 Å². The van der Waals surface area contributed by atoms with Crippen molar-refractivity contribution in [3.63, 3.8) is 0 Å². The molecule has 8 heteroatoms. The molecular weight excluding hydrogens is 398 g/mol. The van der Waals surface area contributed by atoms with Crippen molar-refractivity contribution >= 4 is 23.5 Å². The molecule has 1 unspecified atom stereocenters. The van der Waals surface area contributed by atoms with Gasteiger partial charge in [-0.3, -0.25) is 29.4 Å². The molecule has 0 aromatic heterocycles. The van der Waals surface area contributed by atoms with Gasteiger partial charge in [0.25, 0.3) is 5.91 Å². The fourth-order valence-electron chi connectivity index (χ4n) is 5.37. The Kier molecular flexibility index (Phi) is 5.25. The predicted octanol–water partition coefficient (Wildman–Crippen LogP) is 1.41. The summed E-state index contributed by atoms with van der Waals surface area (Å²) in [6, 6.07) is 5.24. The first-order chi connectivity index (χ1) is 15.0. The van der Waals surface area contributed by atoms with Gasteiger partial charge in [0.1, 0.15) is 23.7 Å². The van der Waals surface area contributed by atoms with Gasteiger partial charge in [-0.15, -0.1) is 0 Å². The van der Waals surface area contributed by atoms with E-state index in [2.05, 4.69) is 10.2 Å². The lowest BCUT2D eigenvalue weighted by atomic mass is 10.0. The van der Waals surface area contributed by atoms with E-state index in [1.165, 1.54) is 0 Å². The molecular formula is C23H27N3O5. The van der Waals surface area contributed by atoms with Crippen molar-refractivity contribution in [3.8, 4) is 5.75 Å². The van der Waals surface area contributed by atoms with E-state index in [0.29, 0.717) is 43.2 Å². The van der Waals surface area contributed by atoms with Crippen LogP contribution in [0.4, 0.5) is 0 Å². The maximum atomic E-state index is 12.9. The Balaban J connectivity index is 1.27.